The van der Waals surface area contributed by atoms with E-state index in [9.17, 15) is 0 Å². The Morgan fingerprint density at radius 2 is 2.26 bits per heavy atom. The van der Waals surface area contributed by atoms with Crippen molar-refractivity contribution >= 4 is 15.9 Å². The third kappa shape index (κ3) is 3.50. The van der Waals surface area contributed by atoms with Gasteiger partial charge < -0.3 is 15.2 Å². The largest absolute Gasteiger partial charge is 0.493 e. The highest BCUT2D eigenvalue weighted by Crippen LogP contribution is 2.33. The number of aliphatic hydroxyl groups excluding tert-OH is 1. The molecule has 1 aromatic carbocycles. The maximum atomic E-state index is 9.16. The summed E-state index contributed by atoms with van der Waals surface area (Å²) in [6.45, 7) is 6.06. The molecule has 3 nitrogen and oxygen atoms in total. The van der Waals surface area contributed by atoms with Crippen LogP contribution in [0, 0.1) is 0 Å². The summed E-state index contributed by atoms with van der Waals surface area (Å²) in [7, 11) is 0. The molecule has 1 aromatic rings. The van der Waals surface area contributed by atoms with Crippen molar-refractivity contribution in [1.29, 1.82) is 0 Å². The molecular formula is C15H22BrNO2. The van der Waals surface area contributed by atoms with Gasteiger partial charge in [-0.1, -0.05) is 22.9 Å². The summed E-state index contributed by atoms with van der Waals surface area (Å²) in [5, 5.41) is 12.7. The second kappa shape index (κ2) is 6.25. The second-order valence-corrected chi connectivity index (χ2v) is 6.31. The van der Waals surface area contributed by atoms with Crippen molar-refractivity contribution < 1.29 is 9.84 Å². The normalized spacial score (nSPS) is 16.8. The molecule has 1 heterocycles. The molecule has 0 fully saturated rings. The van der Waals surface area contributed by atoms with Crippen molar-refractivity contribution in [3.63, 3.8) is 0 Å². The molecule has 1 atom stereocenters. The molecule has 2 rings (SSSR count). The van der Waals surface area contributed by atoms with Gasteiger partial charge in [-0.25, -0.2) is 0 Å². The summed E-state index contributed by atoms with van der Waals surface area (Å²) in [5.41, 5.74) is 2.45. The maximum absolute atomic E-state index is 9.16. The summed E-state index contributed by atoms with van der Waals surface area (Å²) in [4.78, 5) is 0. The van der Waals surface area contributed by atoms with E-state index in [0.29, 0.717) is 0 Å². The number of benzene rings is 1. The monoisotopic (exact) mass is 327 g/mol. The molecule has 0 spiro atoms. The fourth-order valence-electron chi connectivity index (χ4n) is 2.42. The minimum absolute atomic E-state index is 0.0252. The summed E-state index contributed by atoms with van der Waals surface area (Å²) in [6, 6.07) is 4.25. The highest BCUT2D eigenvalue weighted by molar-refractivity contribution is 9.10. The summed E-state index contributed by atoms with van der Waals surface area (Å²) in [6.07, 6.45) is 2.74. The number of nitrogens with one attached hydrogen (secondary N) is 1. The van der Waals surface area contributed by atoms with Crippen LogP contribution in [-0.2, 0) is 13.0 Å². The third-order valence-corrected chi connectivity index (χ3v) is 4.43. The maximum Gasteiger partial charge on any atom is 0.127 e. The highest BCUT2D eigenvalue weighted by atomic mass is 79.9. The molecule has 0 radical (unpaired) electrons. The summed E-state index contributed by atoms with van der Waals surface area (Å²) >= 11 is 3.56. The van der Waals surface area contributed by atoms with Crippen LogP contribution in [0.3, 0.4) is 0 Å². The second-order valence-electron chi connectivity index (χ2n) is 5.39. The van der Waals surface area contributed by atoms with Gasteiger partial charge >= 0.3 is 0 Å². The van der Waals surface area contributed by atoms with E-state index in [1.54, 1.807) is 0 Å². The van der Waals surface area contributed by atoms with Crippen molar-refractivity contribution in [1.82, 2.24) is 5.32 Å². The van der Waals surface area contributed by atoms with Gasteiger partial charge in [-0.3, -0.25) is 0 Å². The lowest BCUT2D eigenvalue weighted by Gasteiger charge is -2.29. The Kier molecular flexibility index (Phi) is 4.87. The minimum Gasteiger partial charge on any atom is -0.493 e. The van der Waals surface area contributed by atoms with E-state index >= 15 is 0 Å². The average molecular weight is 328 g/mol. The fourth-order valence-corrected chi connectivity index (χ4v) is 2.98. The first kappa shape index (κ1) is 14.8. The molecule has 1 unspecified atom stereocenters. The van der Waals surface area contributed by atoms with E-state index in [-0.39, 0.29) is 12.1 Å². The van der Waals surface area contributed by atoms with Crippen LogP contribution in [0.5, 0.6) is 5.75 Å². The molecule has 0 aliphatic carbocycles. The van der Waals surface area contributed by atoms with Crippen LogP contribution in [0.15, 0.2) is 16.6 Å². The molecule has 0 aromatic heterocycles. The number of aliphatic hydroxyl groups is 1. The van der Waals surface area contributed by atoms with Gasteiger partial charge in [-0.2, -0.15) is 0 Å². The molecule has 4 heteroatoms. The lowest BCUT2D eigenvalue weighted by molar-refractivity contribution is 0.214. The molecule has 106 valence electrons. The SMILES string of the molecule is CCC(C)(CCO)NCc1cc(Br)cc2c1OCC2. The van der Waals surface area contributed by atoms with Gasteiger partial charge in [0.05, 0.1) is 6.61 Å². The Balaban J connectivity index is 2.11. The Morgan fingerprint density at radius 3 is 2.95 bits per heavy atom. The Hall–Kier alpha value is -0.580. The molecule has 0 bridgehead atoms. The predicted molar refractivity (Wildman–Crippen MR) is 80.6 cm³/mol. The lowest BCUT2D eigenvalue weighted by Crippen LogP contribution is -2.42. The van der Waals surface area contributed by atoms with Crippen molar-refractivity contribution in [2.24, 2.45) is 0 Å². The van der Waals surface area contributed by atoms with Crippen LogP contribution in [0.25, 0.3) is 0 Å². The molecule has 0 saturated carbocycles. The average Bonchev–Trinajstić information content (AvgIpc) is 2.84. The Morgan fingerprint density at radius 1 is 1.47 bits per heavy atom. The van der Waals surface area contributed by atoms with E-state index in [0.717, 1.165) is 42.6 Å². The van der Waals surface area contributed by atoms with Gasteiger partial charge in [0.2, 0.25) is 0 Å². The standard InChI is InChI=1S/C15H22BrNO2/c1-3-15(2,5-6-18)17-10-12-9-13(16)8-11-4-7-19-14(11)12/h8-9,17-18H,3-7,10H2,1-2H3. The van der Waals surface area contributed by atoms with Crippen LogP contribution >= 0.6 is 15.9 Å². The molecule has 0 saturated heterocycles. The molecule has 0 amide bonds. The summed E-state index contributed by atoms with van der Waals surface area (Å²) < 4.78 is 6.84. The van der Waals surface area contributed by atoms with Crippen LogP contribution in [0.4, 0.5) is 0 Å². The fraction of sp³-hybridized carbons (Fsp3) is 0.600. The van der Waals surface area contributed by atoms with E-state index in [1.807, 2.05) is 0 Å². The first-order valence-electron chi connectivity index (χ1n) is 6.88. The van der Waals surface area contributed by atoms with Gasteiger partial charge in [0.15, 0.2) is 0 Å². The highest BCUT2D eigenvalue weighted by Gasteiger charge is 2.23. The van der Waals surface area contributed by atoms with Crippen LogP contribution in [-0.4, -0.2) is 23.9 Å². The Bertz CT molecular complexity index is 450. The quantitative estimate of drug-likeness (QED) is 0.843. The predicted octanol–water partition coefficient (Wildman–Crippen LogP) is 3.02. The van der Waals surface area contributed by atoms with Crippen LogP contribution in [0.2, 0.25) is 0 Å². The van der Waals surface area contributed by atoms with Crippen molar-refractivity contribution in [3.8, 4) is 5.75 Å². The topological polar surface area (TPSA) is 41.5 Å². The number of ether oxygens (including phenoxy) is 1. The molecular weight excluding hydrogens is 306 g/mol. The molecule has 19 heavy (non-hydrogen) atoms. The van der Waals surface area contributed by atoms with Crippen molar-refractivity contribution in [2.75, 3.05) is 13.2 Å². The van der Waals surface area contributed by atoms with E-state index in [2.05, 4.69) is 47.2 Å². The Labute approximate surface area is 123 Å². The summed E-state index contributed by atoms with van der Waals surface area (Å²) in [5.74, 6) is 1.04. The van der Waals surface area contributed by atoms with Gasteiger partial charge in [-0.15, -0.1) is 0 Å². The van der Waals surface area contributed by atoms with Gasteiger partial charge in [0.25, 0.3) is 0 Å². The van der Waals surface area contributed by atoms with Crippen LogP contribution in [0.1, 0.15) is 37.8 Å². The van der Waals surface area contributed by atoms with E-state index in [4.69, 9.17) is 9.84 Å². The molecule has 2 N–H and O–H groups in total. The van der Waals surface area contributed by atoms with Gasteiger partial charge in [0.1, 0.15) is 5.75 Å². The zero-order valence-electron chi connectivity index (χ0n) is 11.6. The minimum atomic E-state index is -0.0252. The van der Waals surface area contributed by atoms with Crippen LogP contribution < -0.4 is 10.1 Å². The zero-order valence-corrected chi connectivity index (χ0v) is 13.2. The van der Waals surface area contributed by atoms with Crippen molar-refractivity contribution in [2.45, 2.75) is 45.2 Å². The number of fused-ring (bicyclic) bond motifs is 1. The van der Waals surface area contributed by atoms with Gasteiger partial charge in [0, 0.05) is 35.1 Å². The lowest BCUT2D eigenvalue weighted by atomic mass is 9.94. The van der Waals surface area contributed by atoms with Gasteiger partial charge in [-0.05, 0) is 37.5 Å². The third-order valence-electron chi connectivity index (χ3n) is 3.97. The first-order valence-corrected chi connectivity index (χ1v) is 7.67. The van der Waals surface area contributed by atoms with E-state index < -0.39 is 0 Å². The molecule has 1 aliphatic heterocycles. The van der Waals surface area contributed by atoms with E-state index in [1.165, 1.54) is 11.1 Å². The first-order chi connectivity index (χ1) is 9.08. The zero-order chi connectivity index (χ0) is 13.9. The number of hydrogen-bond donors (Lipinski definition) is 2. The molecule has 1 aliphatic rings. The number of halogens is 1. The number of hydrogen-bond acceptors (Lipinski definition) is 3. The smallest absolute Gasteiger partial charge is 0.127 e. The van der Waals surface area contributed by atoms with Crippen molar-refractivity contribution in [3.05, 3.63) is 27.7 Å². The number of rotatable bonds is 6.